The number of benzene rings is 1. The maximum atomic E-state index is 13.7. The van der Waals surface area contributed by atoms with E-state index in [1.807, 2.05) is 20.2 Å². The van der Waals surface area contributed by atoms with Gasteiger partial charge in [0.25, 0.3) is 0 Å². The van der Waals surface area contributed by atoms with Gasteiger partial charge in [-0.1, -0.05) is 0 Å². The second kappa shape index (κ2) is 14.2. The molecule has 18 heteroatoms. The van der Waals surface area contributed by atoms with Crippen LogP contribution >= 0.6 is 0 Å². The van der Waals surface area contributed by atoms with Crippen molar-refractivity contribution in [3.8, 4) is 6.07 Å². The Morgan fingerprint density at radius 3 is 2.64 bits per heavy atom. The first-order valence-corrected chi connectivity index (χ1v) is 12.9. The van der Waals surface area contributed by atoms with E-state index in [-0.39, 0.29) is 64.1 Å². The Morgan fingerprint density at radius 2 is 1.96 bits per heavy atom. The number of alkyl halides is 3. The Morgan fingerprint density at radius 1 is 1.20 bits per heavy atom. The fraction of sp³-hybridized carbons (Fsp3) is 0.259. The molecule has 0 spiro atoms. The first-order valence-electron chi connectivity index (χ1n) is 12.9. The molecule has 236 valence electrons. The number of nitro groups is 1. The van der Waals surface area contributed by atoms with Crippen LogP contribution in [0.5, 0.6) is 0 Å². The van der Waals surface area contributed by atoms with Crippen LogP contribution in [0, 0.1) is 27.3 Å². The summed E-state index contributed by atoms with van der Waals surface area (Å²) in [6.45, 7) is 0.761. The number of anilines is 3. The smallest absolute Gasteiger partial charge is 0.419 e. The molecule has 1 aromatic carbocycles. The number of nitrogens with zero attached hydrogens (tertiary/aromatic N) is 8. The number of fused-ring (bicyclic) bond motifs is 1. The van der Waals surface area contributed by atoms with E-state index >= 15 is 0 Å². The molecule has 13 nitrogen and oxygen atoms in total. The third-order valence-electron chi connectivity index (χ3n) is 6.32. The van der Waals surface area contributed by atoms with Gasteiger partial charge in [0.05, 0.1) is 50.4 Å². The number of nitriles is 1. The molecule has 2 N–H and O–H groups in total. The van der Waals surface area contributed by atoms with Gasteiger partial charge in [-0.05, 0) is 40.2 Å². The Hall–Kier alpha value is -5.02. The first-order chi connectivity index (χ1) is 20.8. The fourth-order valence-electron chi connectivity index (χ4n) is 4.24. The Labute approximate surface area is 263 Å². The highest BCUT2D eigenvalue weighted by molar-refractivity contribution is 6.00. The zero-order valence-electron chi connectivity index (χ0n) is 23.7. The normalized spacial score (nSPS) is 11.7. The second-order valence-corrected chi connectivity index (χ2v) is 10.2. The summed E-state index contributed by atoms with van der Waals surface area (Å²) in [5.74, 6) is -2.04. The molecule has 1 amide bonds. The maximum Gasteiger partial charge on any atom is 0.419 e. The second-order valence-electron chi connectivity index (χ2n) is 10.2. The third-order valence-corrected chi connectivity index (χ3v) is 6.32. The number of hydrogen-bond acceptors (Lipinski definition) is 9. The van der Waals surface area contributed by atoms with E-state index in [9.17, 15) is 32.5 Å². The van der Waals surface area contributed by atoms with Gasteiger partial charge in [0, 0.05) is 23.7 Å². The number of amides is 1. The fourth-order valence-corrected chi connectivity index (χ4v) is 4.24. The molecule has 0 unspecified atom stereocenters. The van der Waals surface area contributed by atoms with Crippen LogP contribution in [0.25, 0.3) is 10.9 Å². The molecule has 0 atom stereocenters. The Kier molecular flexibility index (Phi) is 10.9. The van der Waals surface area contributed by atoms with Gasteiger partial charge in [0.1, 0.15) is 30.3 Å². The van der Waals surface area contributed by atoms with Crippen LogP contribution in [-0.2, 0) is 24.1 Å². The number of nitrogens with one attached hydrogen (secondary N) is 2. The van der Waals surface area contributed by atoms with Crippen molar-refractivity contribution in [1.82, 2.24) is 24.5 Å². The van der Waals surface area contributed by atoms with E-state index in [4.69, 9.17) is 5.26 Å². The molecule has 4 rings (SSSR count). The number of aryl methyl sites for hydroxylation is 1. The van der Waals surface area contributed by atoms with Crippen molar-refractivity contribution in [3.05, 3.63) is 82.5 Å². The molecule has 3 heterocycles. The summed E-state index contributed by atoms with van der Waals surface area (Å²) in [5.41, 5.74) is -0.818. The van der Waals surface area contributed by atoms with E-state index in [1.54, 1.807) is 10.6 Å². The average molecular weight is 693 g/mol. The highest BCUT2D eigenvalue weighted by Crippen LogP contribution is 2.34. The van der Waals surface area contributed by atoms with Crippen LogP contribution in [0.3, 0.4) is 0 Å². The number of likely N-dealkylation sites (N-methyl/N-ethyl adjacent to an activating group) is 1. The zero-order valence-corrected chi connectivity index (χ0v) is 25.3. The van der Waals surface area contributed by atoms with E-state index in [1.165, 1.54) is 31.0 Å². The third kappa shape index (κ3) is 8.77. The number of carbonyl (C=O) groups excluding carboxylic acids is 1. The lowest BCUT2D eigenvalue weighted by molar-refractivity contribution is -0.898. The average Bonchev–Trinajstić information content (AvgIpc) is 3.34. The van der Waals surface area contributed by atoms with Gasteiger partial charge in [0.2, 0.25) is 12.2 Å². The van der Waals surface area contributed by atoms with E-state index in [2.05, 4.69) is 30.6 Å². The predicted octanol–water partition coefficient (Wildman–Crippen LogP) is 1.72. The standard InChI is InChI=1S/C27H24F4N10O3.BrH/c1-41(2,14-22-26(40(43)44)36-16-39(22)9-4-8-32)10-3-5-24(42)38-23-12-18-21(13-33-23)34-15-35-25(18)37-17-6-7-20(28)19(11-17)27(29,30)31;/h3,5-7,11-13,15-16H,4,9-10,14H2,1-2H3,(H-,33,34,35,37,38,42);1H/b5-3+;. The van der Waals surface area contributed by atoms with Crippen molar-refractivity contribution in [3.63, 3.8) is 0 Å². The minimum Gasteiger partial charge on any atom is -1.00 e. The van der Waals surface area contributed by atoms with Gasteiger partial charge in [-0.15, -0.1) is 0 Å². The van der Waals surface area contributed by atoms with Crippen molar-refractivity contribution >= 4 is 40.0 Å². The SMILES string of the molecule is C[N+](C)(C/C=C/C(=O)Nc1cc2c(Nc3ccc(F)c(C(F)(F)F)c3)ncnc2cn1)Cc1c([N+](=O)[O-])ncn1CCC#N.[Br-]. The lowest BCUT2D eigenvalue weighted by Crippen LogP contribution is -3.00. The van der Waals surface area contributed by atoms with Crippen LogP contribution in [-0.4, -0.2) is 60.5 Å². The molecular formula is C27H25BrF4N10O3. The highest BCUT2D eigenvalue weighted by atomic mass is 79.9. The number of aromatic nitrogens is 5. The lowest BCUT2D eigenvalue weighted by Gasteiger charge is -2.28. The molecule has 45 heavy (non-hydrogen) atoms. The number of rotatable bonds is 11. The van der Waals surface area contributed by atoms with Crippen molar-refractivity contribution in [1.29, 1.82) is 5.26 Å². The van der Waals surface area contributed by atoms with E-state index < -0.39 is 28.4 Å². The van der Waals surface area contributed by atoms with Crippen LogP contribution in [0.4, 0.5) is 40.7 Å². The lowest BCUT2D eigenvalue weighted by atomic mass is 10.1. The van der Waals surface area contributed by atoms with Gasteiger partial charge >= 0.3 is 12.0 Å². The summed E-state index contributed by atoms with van der Waals surface area (Å²) in [6, 6.07) is 5.87. The summed E-state index contributed by atoms with van der Waals surface area (Å²) in [7, 11) is 3.62. The first kappa shape index (κ1) is 34.5. The summed E-state index contributed by atoms with van der Waals surface area (Å²) in [4.78, 5) is 39.6. The summed E-state index contributed by atoms with van der Waals surface area (Å²) < 4.78 is 54.9. The largest absolute Gasteiger partial charge is 1.00 e. The van der Waals surface area contributed by atoms with Crippen molar-refractivity contribution in [2.75, 3.05) is 31.3 Å². The molecule has 0 bridgehead atoms. The van der Waals surface area contributed by atoms with Gasteiger partial charge < -0.3 is 46.8 Å². The quantitative estimate of drug-likeness (QED) is 0.0783. The van der Waals surface area contributed by atoms with Crippen LogP contribution in [0.2, 0.25) is 0 Å². The van der Waals surface area contributed by atoms with Gasteiger partial charge in [-0.2, -0.15) is 18.4 Å². The summed E-state index contributed by atoms with van der Waals surface area (Å²) in [5, 5.41) is 26.0. The minimum absolute atomic E-state index is 0. The molecule has 4 aromatic rings. The van der Waals surface area contributed by atoms with E-state index in [0.717, 1.165) is 6.07 Å². The van der Waals surface area contributed by atoms with Crippen molar-refractivity contribution in [2.45, 2.75) is 25.7 Å². The Balaban J connectivity index is 0.00000552. The number of hydrogen-bond donors (Lipinski definition) is 2. The molecule has 0 fully saturated rings. The Bertz CT molecular complexity index is 1790. The molecule has 0 aliphatic carbocycles. The maximum absolute atomic E-state index is 13.7. The summed E-state index contributed by atoms with van der Waals surface area (Å²) in [6.07, 6.45) is 1.97. The number of imidazole rings is 1. The zero-order chi connectivity index (χ0) is 32.1. The molecule has 0 aliphatic heterocycles. The molecule has 0 saturated heterocycles. The molecule has 0 aliphatic rings. The molecule has 0 radical (unpaired) electrons. The monoisotopic (exact) mass is 692 g/mol. The summed E-state index contributed by atoms with van der Waals surface area (Å²) >= 11 is 0. The van der Waals surface area contributed by atoms with Crippen LogP contribution in [0.1, 0.15) is 17.7 Å². The molecule has 3 aromatic heterocycles. The van der Waals surface area contributed by atoms with Gasteiger partial charge in [0.15, 0.2) is 5.69 Å². The van der Waals surface area contributed by atoms with Crippen LogP contribution < -0.4 is 27.6 Å². The van der Waals surface area contributed by atoms with Crippen molar-refractivity contribution < 1.29 is 48.7 Å². The number of halogens is 5. The van der Waals surface area contributed by atoms with Gasteiger partial charge in [-0.3, -0.25) is 4.79 Å². The number of pyridine rings is 1. The van der Waals surface area contributed by atoms with Gasteiger partial charge in [-0.25, -0.2) is 19.3 Å². The highest BCUT2D eigenvalue weighted by Gasteiger charge is 2.34. The van der Waals surface area contributed by atoms with Crippen LogP contribution in [0.15, 0.2) is 55.3 Å². The number of quaternary nitrogens is 1. The number of carbonyl (C=O) groups is 1. The minimum atomic E-state index is -4.89. The molecular weight excluding hydrogens is 668 g/mol. The topological polar surface area (TPSA) is 165 Å². The molecule has 0 saturated carbocycles. The van der Waals surface area contributed by atoms with E-state index in [0.29, 0.717) is 35.3 Å². The predicted molar refractivity (Wildman–Crippen MR) is 150 cm³/mol. The van der Waals surface area contributed by atoms with Crippen molar-refractivity contribution in [2.24, 2.45) is 0 Å².